The first-order valence-electron chi connectivity index (χ1n) is 7.80. The molecule has 0 radical (unpaired) electrons. The van der Waals surface area contributed by atoms with Crippen LogP contribution >= 0.6 is 0 Å². The number of nitrogens with one attached hydrogen (secondary N) is 1. The fourth-order valence-corrected chi connectivity index (χ4v) is 2.91. The maximum Gasteiger partial charge on any atom is 0.262 e. The number of hydrogen-bond donors (Lipinski definition) is 1. The van der Waals surface area contributed by atoms with Crippen LogP contribution in [0.1, 0.15) is 29.5 Å². The van der Waals surface area contributed by atoms with Gasteiger partial charge in [0.05, 0.1) is 5.56 Å². The number of para-hydroxylation sites is 1. The minimum Gasteiger partial charge on any atom is -0.482 e. The molecule has 0 atom stereocenters. The number of anilines is 1. The van der Waals surface area contributed by atoms with Gasteiger partial charge in [0.2, 0.25) is 0 Å². The Morgan fingerprint density at radius 2 is 1.96 bits per heavy atom. The number of fused-ring (bicyclic) bond motifs is 1. The highest BCUT2D eigenvalue weighted by molar-refractivity contribution is 5.92. The number of aryl methyl sites for hydroxylation is 1. The van der Waals surface area contributed by atoms with Crippen molar-refractivity contribution in [1.82, 2.24) is 0 Å². The molecule has 0 fully saturated rings. The number of rotatable bonds is 4. The SMILES string of the molecule is N#Cc1ccccc1OCC(=O)Nc1cccc2c1CCCC2. The smallest absolute Gasteiger partial charge is 0.262 e. The summed E-state index contributed by atoms with van der Waals surface area (Å²) in [6.07, 6.45) is 4.44. The van der Waals surface area contributed by atoms with Gasteiger partial charge in [-0.25, -0.2) is 0 Å². The number of benzene rings is 2. The first kappa shape index (κ1) is 15.1. The predicted octanol–water partition coefficient (Wildman–Crippen LogP) is 3.45. The average Bonchev–Trinajstić information content (AvgIpc) is 2.60. The first-order chi connectivity index (χ1) is 11.3. The third kappa shape index (κ3) is 3.51. The van der Waals surface area contributed by atoms with Crippen LogP contribution in [0.3, 0.4) is 0 Å². The lowest BCUT2D eigenvalue weighted by molar-refractivity contribution is -0.118. The molecule has 1 aliphatic carbocycles. The Hall–Kier alpha value is -2.80. The van der Waals surface area contributed by atoms with Crippen molar-refractivity contribution in [2.24, 2.45) is 0 Å². The Balaban J connectivity index is 1.65. The van der Waals surface area contributed by atoms with Crippen molar-refractivity contribution in [2.45, 2.75) is 25.7 Å². The van der Waals surface area contributed by atoms with Crippen LogP contribution in [0.5, 0.6) is 5.75 Å². The van der Waals surface area contributed by atoms with E-state index in [9.17, 15) is 4.79 Å². The van der Waals surface area contributed by atoms with Crippen molar-refractivity contribution in [2.75, 3.05) is 11.9 Å². The quantitative estimate of drug-likeness (QED) is 0.941. The number of carbonyl (C=O) groups is 1. The summed E-state index contributed by atoms with van der Waals surface area (Å²) >= 11 is 0. The van der Waals surface area contributed by atoms with E-state index in [1.807, 2.05) is 12.1 Å². The lowest BCUT2D eigenvalue weighted by atomic mass is 9.90. The van der Waals surface area contributed by atoms with Crippen molar-refractivity contribution in [3.8, 4) is 11.8 Å². The zero-order valence-electron chi connectivity index (χ0n) is 12.8. The van der Waals surface area contributed by atoms with E-state index in [1.165, 1.54) is 17.5 Å². The first-order valence-corrected chi connectivity index (χ1v) is 7.80. The van der Waals surface area contributed by atoms with Crippen LogP contribution in [0.2, 0.25) is 0 Å². The lowest BCUT2D eigenvalue weighted by Crippen LogP contribution is -2.22. The number of nitrogens with zero attached hydrogens (tertiary/aromatic N) is 1. The van der Waals surface area contributed by atoms with Crippen LogP contribution in [0.25, 0.3) is 0 Å². The molecule has 2 aromatic carbocycles. The van der Waals surface area contributed by atoms with E-state index in [-0.39, 0.29) is 12.5 Å². The fourth-order valence-electron chi connectivity index (χ4n) is 2.91. The highest BCUT2D eigenvalue weighted by atomic mass is 16.5. The summed E-state index contributed by atoms with van der Waals surface area (Å²) in [5, 5.41) is 12.0. The molecule has 1 aliphatic rings. The van der Waals surface area contributed by atoms with Gasteiger partial charge in [-0.3, -0.25) is 4.79 Å². The van der Waals surface area contributed by atoms with Crippen LogP contribution in [-0.2, 0) is 17.6 Å². The Morgan fingerprint density at radius 3 is 2.83 bits per heavy atom. The second kappa shape index (κ2) is 6.97. The van der Waals surface area contributed by atoms with Crippen LogP contribution in [0.4, 0.5) is 5.69 Å². The Bertz CT molecular complexity index is 762. The van der Waals surface area contributed by atoms with Gasteiger partial charge in [0.15, 0.2) is 6.61 Å². The summed E-state index contributed by atoms with van der Waals surface area (Å²) in [5.74, 6) is 0.219. The van der Waals surface area contributed by atoms with Gasteiger partial charge in [-0.2, -0.15) is 5.26 Å². The molecule has 116 valence electrons. The molecule has 0 aromatic heterocycles. The molecule has 0 bridgehead atoms. The minimum absolute atomic E-state index is 0.109. The highest BCUT2D eigenvalue weighted by Gasteiger charge is 2.14. The van der Waals surface area contributed by atoms with Crippen LogP contribution < -0.4 is 10.1 Å². The number of ether oxygens (including phenoxy) is 1. The van der Waals surface area contributed by atoms with Crippen molar-refractivity contribution < 1.29 is 9.53 Å². The molecule has 0 aliphatic heterocycles. The normalized spacial score (nSPS) is 12.8. The minimum atomic E-state index is -0.211. The Kier molecular flexibility index (Phi) is 4.58. The second-order valence-electron chi connectivity index (χ2n) is 5.60. The summed E-state index contributed by atoms with van der Waals surface area (Å²) in [6.45, 7) is -0.109. The monoisotopic (exact) mass is 306 g/mol. The summed E-state index contributed by atoms with van der Waals surface area (Å²) in [4.78, 5) is 12.2. The molecule has 0 spiro atoms. The van der Waals surface area contributed by atoms with Gasteiger partial charge >= 0.3 is 0 Å². The third-order valence-electron chi connectivity index (χ3n) is 4.04. The van der Waals surface area contributed by atoms with Crippen LogP contribution in [-0.4, -0.2) is 12.5 Å². The molecule has 23 heavy (non-hydrogen) atoms. The summed E-state index contributed by atoms with van der Waals surface area (Å²) < 4.78 is 5.47. The molecule has 0 unspecified atom stereocenters. The summed E-state index contributed by atoms with van der Waals surface area (Å²) in [7, 11) is 0. The number of nitriles is 1. The zero-order chi connectivity index (χ0) is 16.1. The van der Waals surface area contributed by atoms with Crippen molar-refractivity contribution in [3.05, 3.63) is 59.2 Å². The van der Waals surface area contributed by atoms with Gasteiger partial charge in [0.25, 0.3) is 5.91 Å². The number of carbonyl (C=O) groups excluding carboxylic acids is 1. The van der Waals surface area contributed by atoms with E-state index < -0.39 is 0 Å². The molecule has 4 nitrogen and oxygen atoms in total. The zero-order valence-corrected chi connectivity index (χ0v) is 12.8. The average molecular weight is 306 g/mol. The van der Waals surface area contributed by atoms with Crippen molar-refractivity contribution >= 4 is 11.6 Å². The molecule has 1 N–H and O–H groups in total. The molecule has 1 amide bonds. The summed E-state index contributed by atoms with van der Waals surface area (Å²) in [6, 6.07) is 15.0. The standard InChI is InChI=1S/C19H18N2O2/c20-12-15-7-2-4-11-18(15)23-13-19(22)21-17-10-5-8-14-6-1-3-9-16(14)17/h2,4-5,7-8,10-11H,1,3,6,9,13H2,(H,21,22). The maximum absolute atomic E-state index is 12.2. The third-order valence-corrected chi connectivity index (χ3v) is 4.04. The summed E-state index contributed by atoms with van der Waals surface area (Å²) in [5.41, 5.74) is 3.87. The number of amides is 1. The molecule has 0 saturated heterocycles. The van der Waals surface area contributed by atoms with Gasteiger partial charge in [-0.1, -0.05) is 24.3 Å². The van der Waals surface area contributed by atoms with Gasteiger partial charge < -0.3 is 10.1 Å². The molecule has 4 heteroatoms. The molecule has 0 saturated carbocycles. The van der Waals surface area contributed by atoms with Gasteiger partial charge in [-0.05, 0) is 55.0 Å². The van der Waals surface area contributed by atoms with Gasteiger partial charge in [0, 0.05) is 5.69 Å². The lowest BCUT2D eigenvalue weighted by Gasteiger charge is -2.19. The molecular weight excluding hydrogens is 288 g/mol. The maximum atomic E-state index is 12.2. The van der Waals surface area contributed by atoms with Crippen LogP contribution in [0, 0.1) is 11.3 Å². The van der Waals surface area contributed by atoms with E-state index in [0.717, 1.165) is 24.9 Å². The van der Waals surface area contributed by atoms with E-state index in [2.05, 4.69) is 17.5 Å². The second-order valence-corrected chi connectivity index (χ2v) is 5.60. The number of hydrogen-bond acceptors (Lipinski definition) is 3. The Morgan fingerprint density at radius 1 is 1.13 bits per heavy atom. The van der Waals surface area contributed by atoms with Crippen LogP contribution in [0.15, 0.2) is 42.5 Å². The largest absolute Gasteiger partial charge is 0.482 e. The van der Waals surface area contributed by atoms with E-state index in [1.54, 1.807) is 24.3 Å². The van der Waals surface area contributed by atoms with Crippen molar-refractivity contribution in [3.63, 3.8) is 0 Å². The molecule has 2 aromatic rings. The fraction of sp³-hybridized carbons (Fsp3) is 0.263. The van der Waals surface area contributed by atoms with E-state index in [0.29, 0.717) is 11.3 Å². The van der Waals surface area contributed by atoms with Crippen molar-refractivity contribution in [1.29, 1.82) is 5.26 Å². The van der Waals surface area contributed by atoms with Gasteiger partial charge in [-0.15, -0.1) is 0 Å². The van der Waals surface area contributed by atoms with E-state index in [4.69, 9.17) is 10.00 Å². The highest BCUT2D eigenvalue weighted by Crippen LogP contribution is 2.27. The molecule has 3 rings (SSSR count). The Labute approximate surface area is 135 Å². The molecular formula is C19H18N2O2. The molecule has 0 heterocycles. The topological polar surface area (TPSA) is 62.1 Å². The predicted molar refractivity (Wildman–Crippen MR) is 88.4 cm³/mol. The van der Waals surface area contributed by atoms with Gasteiger partial charge in [0.1, 0.15) is 11.8 Å². The van der Waals surface area contributed by atoms with E-state index >= 15 is 0 Å².